The first kappa shape index (κ1) is 15.0. The Hall–Kier alpha value is -0.390. The molecule has 1 aliphatic rings. The molecule has 0 bridgehead atoms. The van der Waals surface area contributed by atoms with E-state index in [2.05, 4.69) is 53.7 Å². The van der Waals surface area contributed by atoms with Gasteiger partial charge in [0.2, 0.25) is 0 Å². The molecule has 1 heterocycles. The molecule has 0 aromatic carbocycles. The van der Waals surface area contributed by atoms with Crippen LogP contribution in [0.1, 0.15) is 58.2 Å². The average Bonchev–Trinajstić information content (AvgIpc) is 2.41. The van der Waals surface area contributed by atoms with Crippen LogP contribution in [0.5, 0.6) is 0 Å². The number of nitrogens with zero attached hydrogens (tertiary/aromatic N) is 2. The highest BCUT2D eigenvalue weighted by Crippen LogP contribution is 2.37. The third kappa shape index (κ3) is 3.80. The molecule has 1 aliphatic carbocycles. The van der Waals surface area contributed by atoms with E-state index >= 15 is 0 Å². The largest absolute Gasteiger partial charge is 0.369 e. The van der Waals surface area contributed by atoms with Crippen LogP contribution >= 0.6 is 22.6 Å². The van der Waals surface area contributed by atoms with Gasteiger partial charge in [-0.3, -0.25) is 0 Å². The fraction of sp³-hybridized carbons (Fsp3) is 0.733. The normalized spacial score (nSPS) is 23.6. The van der Waals surface area contributed by atoms with Crippen molar-refractivity contribution in [1.29, 1.82) is 0 Å². The SMILES string of the molecule is CCNc1nc(C2CCC(C(C)C)CC2)ncc1I. The van der Waals surface area contributed by atoms with Crippen molar-refractivity contribution in [2.45, 2.75) is 52.4 Å². The Morgan fingerprint density at radius 3 is 2.58 bits per heavy atom. The molecule has 0 atom stereocenters. The predicted octanol–water partition coefficient (Wildman–Crippen LogP) is 4.44. The summed E-state index contributed by atoms with van der Waals surface area (Å²) >= 11 is 2.30. The van der Waals surface area contributed by atoms with E-state index in [9.17, 15) is 0 Å². The van der Waals surface area contributed by atoms with E-state index in [1.54, 1.807) is 0 Å². The van der Waals surface area contributed by atoms with Crippen molar-refractivity contribution in [3.05, 3.63) is 15.6 Å². The van der Waals surface area contributed by atoms with E-state index in [-0.39, 0.29) is 0 Å². The standard InChI is InChI=1S/C15H24IN3/c1-4-17-15-13(16)9-18-14(19-15)12-7-5-11(6-8-12)10(2)3/h9-12H,4-8H2,1-3H3,(H,17,18,19). The number of anilines is 1. The summed E-state index contributed by atoms with van der Waals surface area (Å²) in [7, 11) is 0. The molecule has 3 nitrogen and oxygen atoms in total. The summed E-state index contributed by atoms with van der Waals surface area (Å²) in [5.41, 5.74) is 0. The Morgan fingerprint density at radius 1 is 1.32 bits per heavy atom. The number of rotatable bonds is 4. The lowest BCUT2D eigenvalue weighted by Crippen LogP contribution is -2.19. The summed E-state index contributed by atoms with van der Waals surface area (Å²) in [6.45, 7) is 7.70. The Balaban J connectivity index is 2.05. The number of nitrogens with one attached hydrogen (secondary N) is 1. The summed E-state index contributed by atoms with van der Waals surface area (Å²) in [6.07, 6.45) is 7.10. The van der Waals surface area contributed by atoms with Crippen molar-refractivity contribution >= 4 is 28.4 Å². The van der Waals surface area contributed by atoms with Crippen molar-refractivity contribution in [2.75, 3.05) is 11.9 Å². The molecule has 19 heavy (non-hydrogen) atoms. The lowest BCUT2D eigenvalue weighted by Gasteiger charge is -2.30. The highest BCUT2D eigenvalue weighted by molar-refractivity contribution is 14.1. The number of halogens is 1. The maximum atomic E-state index is 4.73. The minimum atomic E-state index is 0.560. The van der Waals surface area contributed by atoms with Crippen molar-refractivity contribution < 1.29 is 0 Å². The zero-order chi connectivity index (χ0) is 13.8. The van der Waals surface area contributed by atoms with Crippen LogP contribution in [0, 0.1) is 15.4 Å². The number of hydrogen-bond donors (Lipinski definition) is 1. The smallest absolute Gasteiger partial charge is 0.143 e. The summed E-state index contributed by atoms with van der Waals surface area (Å²) in [5, 5.41) is 3.32. The van der Waals surface area contributed by atoms with Crippen LogP contribution in [0.3, 0.4) is 0 Å². The fourth-order valence-electron chi connectivity index (χ4n) is 2.91. The summed E-state index contributed by atoms with van der Waals surface area (Å²) in [6, 6.07) is 0. The van der Waals surface area contributed by atoms with Gasteiger partial charge in [-0.05, 0) is 67.0 Å². The van der Waals surface area contributed by atoms with Gasteiger partial charge in [-0.15, -0.1) is 0 Å². The zero-order valence-corrected chi connectivity index (χ0v) is 14.3. The highest BCUT2D eigenvalue weighted by Gasteiger charge is 2.26. The minimum absolute atomic E-state index is 0.560. The molecule has 2 rings (SSSR count). The molecule has 0 aliphatic heterocycles. The van der Waals surface area contributed by atoms with Crippen LogP contribution < -0.4 is 5.32 Å². The van der Waals surface area contributed by atoms with Gasteiger partial charge >= 0.3 is 0 Å². The molecule has 1 fully saturated rings. The molecule has 4 heteroatoms. The van der Waals surface area contributed by atoms with E-state index in [4.69, 9.17) is 4.98 Å². The van der Waals surface area contributed by atoms with Crippen LogP contribution in [0.4, 0.5) is 5.82 Å². The Labute approximate surface area is 130 Å². The fourth-order valence-corrected chi connectivity index (χ4v) is 3.36. The summed E-state index contributed by atoms with van der Waals surface area (Å²) in [5.74, 6) is 4.31. The Morgan fingerprint density at radius 2 is 2.00 bits per heavy atom. The monoisotopic (exact) mass is 373 g/mol. The van der Waals surface area contributed by atoms with Gasteiger partial charge in [-0.25, -0.2) is 9.97 Å². The Kier molecular flexibility index (Phi) is 5.42. The first-order chi connectivity index (χ1) is 9.11. The third-order valence-corrected chi connectivity index (χ3v) is 4.98. The van der Waals surface area contributed by atoms with E-state index in [0.717, 1.165) is 33.6 Å². The second-order valence-corrected chi connectivity index (χ2v) is 6.97. The molecule has 0 radical (unpaired) electrons. The molecular weight excluding hydrogens is 349 g/mol. The minimum Gasteiger partial charge on any atom is -0.369 e. The van der Waals surface area contributed by atoms with Crippen molar-refractivity contribution in [1.82, 2.24) is 9.97 Å². The van der Waals surface area contributed by atoms with Gasteiger partial charge in [0, 0.05) is 18.7 Å². The summed E-state index contributed by atoms with van der Waals surface area (Å²) in [4.78, 5) is 9.28. The van der Waals surface area contributed by atoms with Crippen molar-refractivity contribution in [3.8, 4) is 0 Å². The number of aromatic nitrogens is 2. The summed E-state index contributed by atoms with van der Waals surface area (Å²) < 4.78 is 1.11. The molecule has 106 valence electrons. The third-order valence-electron chi connectivity index (χ3n) is 4.19. The average molecular weight is 373 g/mol. The van der Waals surface area contributed by atoms with E-state index in [1.807, 2.05) is 6.20 Å². The highest BCUT2D eigenvalue weighted by atomic mass is 127. The van der Waals surface area contributed by atoms with Gasteiger partial charge in [0.1, 0.15) is 11.6 Å². The molecule has 0 spiro atoms. The second kappa shape index (κ2) is 6.86. The predicted molar refractivity (Wildman–Crippen MR) is 88.4 cm³/mol. The first-order valence-corrected chi connectivity index (χ1v) is 8.46. The first-order valence-electron chi connectivity index (χ1n) is 7.38. The molecule has 1 aromatic heterocycles. The molecule has 1 saturated carbocycles. The molecule has 1 N–H and O–H groups in total. The van der Waals surface area contributed by atoms with E-state index < -0.39 is 0 Å². The van der Waals surface area contributed by atoms with Gasteiger partial charge in [-0.1, -0.05) is 13.8 Å². The van der Waals surface area contributed by atoms with Gasteiger partial charge in [-0.2, -0.15) is 0 Å². The van der Waals surface area contributed by atoms with Crippen LogP contribution in [-0.2, 0) is 0 Å². The maximum Gasteiger partial charge on any atom is 0.143 e. The van der Waals surface area contributed by atoms with Gasteiger partial charge in [0.05, 0.1) is 3.57 Å². The second-order valence-electron chi connectivity index (χ2n) is 5.81. The lowest BCUT2D eigenvalue weighted by atomic mass is 9.77. The molecule has 1 aromatic rings. The lowest BCUT2D eigenvalue weighted by molar-refractivity contribution is 0.255. The van der Waals surface area contributed by atoms with Gasteiger partial charge in [0.25, 0.3) is 0 Å². The van der Waals surface area contributed by atoms with Crippen molar-refractivity contribution in [3.63, 3.8) is 0 Å². The molecule has 0 amide bonds. The maximum absolute atomic E-state index is 4.73. The topological polar surface area (TPSA) is 37.8 Å². The Bertz CT molecular complexity index is 412. The molecular formula is C15H24IN3. The van der Waals surface area contributed by atoms with Crippen LogP contribution in [0.25, 0.3) is 0 Å². The molecule has 0 saturated heterocycles. The van der Waals surface area contributed by atoms with E-state index in [1.165, 1.54) is 25.7 Å². The quantitative estimate of drug-likeness (QED) is 0.793. The molecule has 0 unspecified atom stereocenters. The van der Waals surface area contributed by atoms with E-state index in [0.29, 0.717) is 5.92 Å². The number of hydrogen-bond acceptors (Lipinski definition) is 3. The van der Waals surface area contributed by atoms with Crippen LogP contribution in [0.2, 0.25) is 0 Å². The van der Waals surface area contributed by atoms with Crippen molar-refractivity contribution in [2.24, 2.45) is 11.8 Å². The van der Waals surface area contributed by atoms with Crippen LogP contribution in [0.15, 0.2) is 6.20 Å². The van der Waals surface area contributed by atoms with Gasteiger partial charge in [0.15, 0.2) is 0 Å². The van der Waals surface area contributed by atoms with Crippen LogP contribution in [-0.4, -0.2) is 16.5 Å². The zero-order valence-electron chi connectivity index (χ0n) is 12.1. The van der Waals surface area contributed by atoms with Gasteiger partial charge < -0.3 is 5.32 Å².